The largest absolute Gasteiger partial charge is 0.497 e. The van der Waals surface area contributed by atoms with Gasteiger partial charge in [-0.2, -0.15) is 0 Å². The van der Waals surface area contributed by atoms with Crippen LogP contribution in [0, 0.1) is 0 Å². The number of benzene rings is 1. The molecule has 0 radical (unpaired) electrons. The first-order valence-corrected chi connectivity index (χ1v) is 6.92. The maximum absolute atomic E-state index is 12.4. The lowest BCUT2D eigenvalue weighted by Crippen LogP contribution is -2.34. The first-order chi connectivity index (χ1) is 10.5. The van der Waals surface area contributed by atoms with Crippen LogP contribution in [-0.4, -0.2) is 49.5 Å². The Labute approximate surface area is 125 Å². The van der Waals surface area contributed by atoms with Gasteiger partial charge in [-0.05, 0) is 30.2 Å². The van der Waals surface area contributed by atoms with Gasteiger partial charge in [-0.25, -0.2) is 17.6 Å². The Bertz CT molecular complexity index is 590. The van der Waals surface area contributed by atoms with E-state index >= 15 is 0 Å². The Kier molecular flexibility index (Phi) is 5.65. The highest BCUT2D eigenvalue weighted by atomic mass is 19.3. The monoisotopic (exact) mass is 318 g/mol. The fourth-order valence-corrected chi connectivity index (χ4v) is 2.42. The highest BCUT2D eigenvalue weighted by Gasteiger charge is 2.17. The van der Waals surface area contributed by atoms with E-state index in [9.17, 15) is 17.6 Å². The predicted octanol–water partition coefficient (Wildman–Crippen LogP) is 3.55. The van der Waals surface area contributed by atoms with E-state index in [4.69, 9.17) is 4.74 Å². The lowest BCUT2D eigenvalue weighted by Gasteiger charge is -2.21. The van der Waals surface area contributed by atoms with Crippen molar-refractivity contribution >= 4 is 10.9 Å². The molecule has 122 valence electrons. The highest BCUT2D eigenvalue weighted by Crippen LogP contribution is 2.24. The molecule has 0 bridgehead atoms. The lowest BCUT2D eigenvalue weighted by molar-refractivity contribution is 0.0436. The summed E-state index contributed by atoms with van der Waals surface area (Å²) in [5, 5.41) is 0.911. The number of nitrogens with one attached hydrogen (secondary N) is 1. The van der Waals surface area contributed by atoms with Gasteiger partial charge < -0.3 is 9.72 Å². The number of hydrogen-bond acceptors (Lipinski definition) is 2. The van der Waals surface area contributed by atoms with Crippen molar-refractivity contribution in [3.05, 3.63) is 30.0 Å². The van der Waals surface area contributed by atoms with Gasteiger partial charge >= 0.3 is 0 Å². The van der Waals surface area contributed by atoms with Crippen LogP contribution in [0.4, 0.5) is 17.6 Å². The van der Waals surface area contributed by atoms with Gasteiger partial charge in [0.05, 0.1) is 20.2 Å². The molecule has 0 aliphatic carbocycles. The Morgan fingerprint density at radius 3 is 2.41 bits per heavy atom. The van der Waals surface area contributed by atoms with Crippen LogP contribution in [-0.2, 0) is 6.42 Å². The summed E-state index contributed by atoms with van der Waals surface area (Å²) in [4.78, 5) is 4.17. The zero-order valence-corrected chi connectivity index (χ0v) is 12.2. The van der Waals surface area contributed by atoms with Gasteiger partial charge in [0.1, 0.15) is 5.75 Å². The van der Waals surface area contributed by atoms with E-state index in [2.05, 4.69) is 4.98 Å². The first-order valence-electron chi connectivity index (χ1n) is 6.92. The Balaban J connectivity index is 2.08. The summed E-state index contributed by atoms with van der Waals surface area (Å²) in [5.41, 5.74) is 1.78. The molecule has 1 aromatic heterocycles. The zero-order valence-electron chi connectivity index (χ0n) is 12.2. The van der Waals surface area contributed by atoms with E-state index in [1.54, 1.807) is 13.3 Å². The molecule has 0 spiro atoms. The first kappa shape index (κ1) is 16.6. The normalized spacial score (nSPS) is 12.0. The summed E-state index contributed by atoms with van der Waals surface area (Å²) in [6.45, 7) is -1.13. The summed E-state index contributed by atoms with van der Waals surface area (Å²) < 4.78 is 54.9. The minimum Gasteiger partial charge on any atom is -0.497 e. The van der Waals surface area contributed by atoms with Gasteiger partial charge in [0.15, 0.2) is 0 Å². The van der Waals surface area contributed by atoms with Crippen molar-refractivity contribution < 1.29 is 22.3 Å². The molecule has 0 fully saturated rings. The molecule has 0 saturated heterocycles. The number of aromatic amines is 1. The molecule has 2 rings (SSSR count). The van der Waals surface area contributed by atoms with E-state index < -0.39 is 25.9 Å². The number of alkyl halides is 4. The minimum atomic E-state index is -2.62. The molecule has 1 heterocycles. The topological polar surface area (TPSA) is 28.3 Å². The van der Waals surface area contributed by atoms with Crippen molar-refractivity contribution in [3.63, 3.8) is 0 Å². The summed E-state index contributed by atoms with van der Waals surface area (Å²) in [6.07, 6.45) is -3.07. The Morgan fingerprint density at radius 1 is 1.14 bits per heavy atom. The van der Waals surface area contributed by atoms with Crippen molar-refractivity contribution in [2.75, 3.05) is 26.7 Å². The molecule has 1 aromatic carbocycles. The maximum Gasteiger partial charge on any atom is 0.251 e. The van der Waals surface area contributed by atoms with Crippen molar-refractivity contribution in [2.45, 2.75) is 19.3 Å². The standard InChI is InChI=1S/C15H18F4N2O/c1-22-11-2-3-13-12(6-11)10(7-20-13)4-5-21(8-14(16)17)9-15(18)19/h2-3,6-7,14-15,20H,4-5,8-9H2,1H3. The smallest absolute Gasteiger partial charge is 0.251 e. The zero-order chi connectivity index (χ0) is 16.1. The van der Waals surface area contributed by atoms with Crippen LogP contribution < -0.4 is 4.74 Å². The van der Waals surface area contributed by atoms with Gasteiger partial charge in [0, 0.05) is 23.6 Å². The summed E-state index contributed by atoms with van der Waals surface area (Å²) in [5.74, 6) is 0.686. The van der Waals surface area contributed by atoms with E-state index in [0.29, 0.717) is 12.2 Å². The van der Waals surface area contributed by atoms with Crippen molar-refractivity contribution in [3.8, 4) is 5.75 Å². The number of ether oxygens (including phenoxy) is 1. The maximum atomic E-state index is 12.4. The average Bonchev–Trinajstić information content (AvgIpc) is 2.85. The molecule has 3 nitrogen and oxygen atoms in total. The van der Waals surface area contributed by atoms with Crippen molar-refractivity contribution in [1.82, 2.24) is 9.88 Å². The second-order valence-corrected chi connectivity index (χ2v) is 5.02. The van der Waals surface area contributed by atoms with Crippen LogP contribution >= 0.6 is 0 Å². The summed E-state index contributed by atoms with van der Waals surface area (Å²) in [6, 6.07) is 5.50. The van der Waals surface area contributed by atoms with E-state index in [1.165, 1.54) is 0 Å². The number of halogens is 4. The lowest BCUT2D eigenvalue weighted by atomic mass is 10.1. The van der Waals surface area contributed by atoms with Gasteiger partial charge in [-0.15, -0.1) is 0 Å². The molecule has 0 saturated carbocycles. The third-order valence-electron chi connectivity index (χ3n) is 3.46. The fourth-order valence-electron chi connectivity index (χ4n) is 2.42. The Morgan fingerprint density at radius 2 is 1.82 bits per heavy atom. The SMILES string of the molecule is COc1ccc2[nH]cc(CCN(CC(F)F)CC(F)F)c2c1. The van der Waals surface area contributed by atoms with Crippen LogP contribution in [0.5, 0.6) is 5.75 Å². The number of rotatable bonds is 8. The van der Waals surface area contributed by atoms with Crippen LogP contribution in [0.25, 0.3) is 10.9 Å². The molecular weight excluding hydrogens is 300 g/mol. The molecule has 2 aromatic rings. The van der Waals surface area contributed by atoms with E-state index in [0.717, 1.165) is 21.4 Å². The van der Waals surface area contributed by atoms with Crippen LogP contribution in [0.2, 0.25) is 0 Å². The van der Waals surface area contributed by atoms with Crippen LogP contribution in [0.15, 0.2) is 24.4 Å². The van der Waals surface area contributed by atoms with Crippen LogP contribution in [0.3, 0.4) is 0 Å². The summed E-state index contributed by atoms with van der Waals surface area (Å²) in [7, 11) is 1.56. The second-order valence-electron chi connectivity index (χ2n) is 5.02. The third-order valence-corrected chi connectivity index (χ3v) is 3.46. The van der Waals surface area contributed by atoms with Gasteiger partial charge in [0.2, 0.25) is 0 Å². The molecule has 22 heavy (non-hydrogen) atoms. The molecule has 0 aliphatic heterocycles. The number of H-pyrrole nitrogens is 1. The molecule has 0 unspecified atom stereocenters. The number of hydrogen-bond donors (Lipinski definition) is 1. The van der Waals surface area contributed by atoms with Gasteiger partial charge in [0.25, 0.3) is 12.9 Å². The minimum absolute atomic E-state index is 0.152. The number of aromatic nitrogens is 1. The van der Waals surface area contributed by atoms with E-state index in [-0.39, 0.29) is 6.54 Å². The van der Waals surface area contributed by atoms with Gasteiger partial charge in [-0.1, -0.05) is 0 Å². The molecule has 0 aliphatic rings. The molecule has 1 N–H and O–H groups in total. The van der Waals surface area contributed by atoms with Gasteiger partial charge in [-0.3, -0.25) is 4.90 Å². The highest BCUT2D eigenvalue weighted by molar-refractivity contribution is 5.84. The Hall–Kier alpha value is -1.76. The van der Waals surface area contributed by atoms with Crippen molar-refractivity contribution in [1.29, 1.82) is 0 Å². The fraction of sp³-hybridized carbons (Fsp3) is 0.467. The predicted molar refractivity (Wildman–Crippen MR) is 77.0 cm³/mol. The average molecular weight is 318 g/mol. The number of methoxy groups -OCH3 is 1. The van der Waals surface area contributed by atoms with Crippen LogP contribution in [0.1, 0.15) is 5.56 Å². The molecule has 0 atom stereocenters. The second kappa shape index (κ2) is 7.49. The number of fused-ring (bicyclic) bond motifs is 1. The molecule has 7 heteroatoms. The quantitative estimate of drug-likeness (QED) is 0.754. The van der Waals surface area contributed by atoms with E-state index in [1.807, 2.05) is 18.2 Å². The summed E-state index contributed by atoms with van der Waals surface area (Å²) >= 11 is 0. The molecular formula is C15H18F4N2O. The molecule has 0 amide bonds. The number of nitrogens with zero attached hydrogens (tertiary/aromatic N) is 1. The third kappa shape index (κ3) is 4.37. The van der Waals surface area contributed by atoms with Crippen molar-refractivity contribution in [2.24, 2.45) is 0 Å².